The Morgan fingerprint density at radius 3 is 2.61 bits per heavy atom. The summed E-state index contributed by atoms with van der Waals surface area (Å²) in [7, 11) is 1.65. The fourth-order valence-corrected chi connectivity index (χ4v) is 2.43. The summed E-state index contributed by atoms with van der Waals surface area (Å²) < 4.78 is 5.14. The molecule has 1 aliphatic carbocycles. The third kappa shape index (κ3) is 1.82. The van der Waals surface area contributed by atoms with E-state index in [9.17, 15) is 4.79 Å². The summed E-state index contributed by atoms with van der Waals surface area (Å²) in [5.41, 5.74) is 4.04. The van der Waals surface area contributed by atoms with Gasteiger partial charge in [0.25, 0.3) is 0 Å². The first kappa shape index (κ1) is 11.1. The monoisotopic (exact) mass is 241 g/mol. The van der Waals surface area contributed by atoms with E-state index in [1.165, 1.54) is 0 Å². The molecule has 0 atom stereocenters. The maximum Gasteiger partial charge on any atom is 0.164 e. The van der Waals surface area contributed by atoms with Crippen molar-refractivity contribution in [2.45, 2.75) is 19.3 Å². The number of carbonyl (C=O) groups is 1. The standard InChI is InChI=1S/C15H15NO2/c1-18-11-7-5-10(6-8-11)14-9-12-13(16-14)3-2-4-15(12)17/h5-9,16H,2-4H2,1H3. The molecule has 0 spiro atoms. The molecule has 0 saturated carbocycles. The van der Waals surface area contributed by atoms with Crippen molar-refractivity contribution in [1.29, 1.82) is 0 Å². The highest BCUT2D eigenvalue weighted by atomic mass is 16.5. The third-order valence-electron chi connectivity index (χ3n) is 3.43. The number of aryl methyl sites for hydroxylation is 1. The van der Waals surface area contributed by atoms with Gasteiger partial charge in [0.2, 0.25) is 0 Å². The Morgan fingerprint density at radius 2 is 1.94 bits per heavy atom. The van der Waals surface area contributed by atoms with Crippen LogP contribution in [-0.4, -0.2) is 17.9 Å². The lowest BCUT2D eigenvalue weighted by Crippen LogP contribution is -2.08. The highest BCUT2D eigenvalue weighted by Crippen LogP contribution is 2.28. The zero-order chi connectivity index (χ0) is 12.5. The first-order chi connectivity index (χ1) is 8.78. The molecule has 0 fully saturated rings. The summed E-state index contributed by atoms with van der Waals surface area (Å²) in [5.74, 6) is 1.10. The Labute approximate surface area is 106 Å². The van der Waals surface area contributed by atoms with E-state index in [2.05, 4.69) is 4.98 Å². The molecule has 1 heterocycles. The lowest BCUT2D eigenvalue weighted by atomic mass is 9.97. The second kappa shape index (κ2) is 4.33. The normalized spacial score (nSPS) is 14.4. The van der Waals surface area contributed by atoms with Gasteiger partial charge in [-0.05, 0) is 48.7 Å². The molecule has 0 unspecified atom stereocenters. The van der Waals surface area contributed by atoms with Crippen molar-refractivity contribution in [2.75, 3.05) is 7.11 Å². The second-order valence-electron chi connectivity index (χ2n) is 4.58. The van der Waals surface area contributed by atoms with Crippen LogP contribution in [0.15, 0.2) is 30.3 Å². The Bertz CT molecular complexity index is 581. The van der Waals surface area contributed by atoms with Gasteiger partial charge in [-0.3, -0.25) is 4.79 Å². The maximum absolute atomic E-state index is 11.8. The van der Waals surface area contributed by atoms with Crippen LogP contribution in [0.1, 0.15) is 28.9 Å². The Kier molecular flexibility index (Phi) is 2.67. The number of fused-ring (bicyclic) bond motifs is 1. The van der Waals surface area contributed by atoms with E-state index in [1.54, 1.807) is 7.11 Å². The molecule has 0 amide bonds. The largest absolute Gasteiger partial charge is 0.497 e. The van der Waals surface area contributed by atoms with Gasteiger partial charge in [0, 0.05) is 23.4 Å². The number of nitrogens with one attached hydrogen (secondary N) is 1. The van der Waals surface area contributed by atoms with Gasteiger partial charge < -0.3 is 9.72 Å². The number of benzene rings is 1. The minimum absolute atomic E-state index is 0.257. The topological polar surface area (TPSA) is 42.1 Å². The highest BCUT2D eigenvalue weighted by molar-refractivity contribution is 5.99. The highest BCUT2D eigenvalue weighted by Gasteiger charge is 2.20. The van der Waals surface area contributed by atoms with Crippen LogP contribution in [0.5, 0.6) is 5.75 Å². The van der Waals surface area contributed by atoms with E-state index in [0.717, 1.165) is 41.1 Å². The molecule has 1 aliphatic rings. The number of hydrogen-bond donors (Lipinski definition) is 1. The number of ketones is 1. The predicted molar refractivity (Wildman–Crippen MR) is 70.0 cm³/mol. The zero-order valence-corrected chi connectivity index (χ0v) is 10.3. The van der Waals surface area contributed by atoms with Crippen LogP contribution in [0.25, 0.3) is 11.3 Å². The molecule has 0 aliphatic heterocycles. The summed E-state index contributed by atoms with van der Waals surface area (Å²) in [4.78, 5) is 15.1. The summed E-state index contributed by atoms with van der Waals surface area (Å²) >= 11 is 0. The fourth-order valence-electron chi connectivity index (χ4n) is 2.43. The van der Waals surface area contributed by atoms with E-state index in [0.29, 0.717) is 6.42 Å². The van der Waals surface area contributed by atoms with E-state index in [-0.39, 0.29) is 5.78 Å². The van der Waals surface area contributed by atoms with Gasteiger partial charge in [0.15, 0.2) is 5.78 Å². The molecule has 0 radical (unpaired) electrons. The number of H-pyrrole nitrogens is 1. The summed E-state index contributed by atoms with van der Waals surface area (Å²) in [5, 5.41) is 0. The third-order valence-corrected chi connectivity index (χ3v) is 3.43. The van der Waals surface area contributed by atoms with Gasteiger partial charge in [0.05, 0.1) is 7.11 Å². The van der Waals surface area contributed by atoms with Gasteiger partial charge in [-0.2, -0.15) is 0 Å². The molecular formula is C15H15NO2. The summed E-state index contributed by atoms with van der Waals surface area (Å²) in [6.45, 7) is 0. The smallest absolute Gasteiger partial charge is 0.164 e. The van der Waals surface area contributed by atoms with Crippen LogP contribution >= 0.6 is 0 Å². The van der Waals surface area contributed by atoms with Gasteiger partial charge >= 0.3 is 0 Å². The molecule has 3 rings (SSSR count). The van der Waals surface area contributed by atoms with Crippen molar-refractivity contribution < 1.29 is 9.53 Å². The van der Waals surface area contributed by atoms with Gasteiger partial charge in [0.1, 0.15) is 5.75 Å². The molecule has 18 heavy (non-hydrogen) atoms. The van der Waals surface area contributed by atoms with Crippen molar-refractivity contribution in [3.8, 4) is 17.0 Å². The van der Waals surface area contributed by atoms with Crippen molar-refractivity contribution in [1.82, 2.24) is 4.98 Å². The molecule has 0 saturated heterocycles. The Balaban J connectivity index is 1.99. The molecule has 92 valence electrons. The van der Waals surface area contributed by atoms with Gasteiger partial charge in [-0.1, -0.05) is 0 Å². The van der Waals surface area contributed by atoms with Crippen molar-refractivity contribution in [3.05, 3.63) is 41.6 Å². The Morgan fingerprint density at radius 1 is 1.17 bits per heavy atom. The van der Waals surface area contributed by atoms with E-state index >= 15 is 0 Å². The van der Waals surface area contributed by atoms with Crippen molar-refractivity contribution >= 4 is 5.78 Å². The average Bonchev–Trinajstić information content (AvgIpc) is 2.84. The number of Topliss-reactive ketones (excluding diaryl/α,β-unsaturated/α-hetero) is 1. The van der Waals surface area contributed by atoms with E-state index in [4.69, 9.17) is 4.74 Å². The van der Waals surface area contributed by atoms with Crippen LogP contribution in [0.4, 0.5) is 0 Å². The molecule has 1 aromatic carbocycles. The van der Waals surface area contributed by atoms with Crippen LogP contribution in [0.2, 0.25) is 0 Å². The first-order valence-corrected chi connectivity index (χ1v) is 6.17. The molecule has 2 aromatic rings. The van der Waals surface area contributed by atoms with Crippen LogP contribution in [0.3, 0.4) is 0 Å². The SMILES string of the molecule is COc1ccc(-c2cc3c([nH]2)CCCC3=O)cc1. The van der Waals surface area contributed by atoms with E-state index < -0.39 is 0 Å². The number of aromatic nitrogens is 1. The maximum atomic E-state index is 11.8. The minimum atomic E-state index is 0.257. The van der Waals surface area contributed by atoms with Crippen LogP contribution in [-0.2, 0) is 6.42 Å². The summed E-state index contributed by atoms with van der Waals surface area (Å²) in [6, 6.07) is 9.83. The lowest BCUT2D eigenvalue weighted by molar-refractivity contribution is 0.0972. The van der Waals surface area contributed by atoms with Crippen molar-refractivity contribution in [2.24, 2.45) is 0 Å². The average molecular weight is 241 g/mol. The molecule has 3 heteroatoms. The Hall–Kier alpha value is -2.03. The minimum Gasteiger partial charge on any atom is -0.497 e. The molecule has 1 N–H and O–H groups in total. The molecule has 0 bridgehead atoms. The first-order valence-electron chi connectivity index (χ1n) is 6.17. The second-order valence-corrected chi connectivity index (χ2v) is 4.58. The quantitative estimate of drug-likeness (QED) is 0.877. The molecular weight excluding hydrogens is 226 g/mol. The number of methoxy groups -OCH3 is 1. The van der Waals surface area contributed by atoms with Crippen molar-refractivity contribution in [3.63, 3.8) is 0 Å². The van der Waals surface area contributed by atoms with E-state index in [1.807, 2.05) is 30.3 Å². The van der Waals surface area contributed by atoms with Crippen LogP contribution in [0, 0.1) is 0 Å². The van der Waals surface area contributed by atoms with Gasteiger partial charge in [-0.25, -0.2) is 0 Å². The van der Waals surface area contributed by atoms with Crippen LogP contribution < -0.4 is 4.74 Å². The fraction of sp³-hybridized carbons (Fsp3) is 0.267. The number of ether oxygens (including phenoxy) is 1. The molecule has 3 nitrogen and oxygen atoms in total. The predicted octanol–water partition coefficient (Wildman–Crippen LogP) is 3.21. The number of aromatic amines is 1. The molecule has 1 aromatic heterocycles. The number of rotatable bonds is 2. The van der Waals surface area contributed by atoms with Gasteiger partial charge in [-0.15, -0.1) is 0 Å². The summed E-state index contributed by atoms with van der Waals surface area (Å²) in [6.07, 6.45) is 2.60. The number of carbonyl (C=O) groups excluding carboxylic acids is 1. The zero-order valence-electron chi connectivity index (χ0n) is 10.3. The number of hydrogen-bond acceptors (Lipinski definition) is 2. The lowest BCUT2D eigenvalue weighted by Gasteiger charge is -2.08.